The summed E-state index contributed by atoms with van der Waals surface area (Å²) in [5.41, 5.74) is 2.34. The number of hydrogen-bond acceptors (Lipinski definition) is 2. The van der Waals surface area contributed by atoms with Crippen molar-refractivity contribution in [2.75, 3.05) is 0 Å². The zero-order valence-electron chi connectivity index (χ0n) is 10.0. The topological polar surface area (TPSA) is 30.7 Å². The van der Waals surface area contributed by atoms with Gasteiger partial charge in [0.1, 0.15) is 5.82 Å². The predicted octanol–water partition coefficient (Wildman–Crippen LogP) is 2.76. The van der Waals surface area contributed by atoms with Crippen LogP contribution in [-0.4, -0.2) is 14.5 Å². The summed E-state index contributed by atoms with van der Waals surface area (Å²) < 4.78 is 2.17. The minimum atomic E-state index is 0.444. The summed E-state index contributed by atoms with van der Waals surface area (Å²) in [6.07, 6.45) is 5.71. The van der Waals surface area contributed by atoms with Gasteiger partial charge in [-0.05, 0) is 18.6 Å². The number of hydrogen-bond donors (Lipinski definition) is 0. The lowest BCUT2D eigenvalue weighted by Gasteiger charge is -2.11. The maximum Gasteiger partial charge on any atom is 0.111 e. The number of imidazole rings is 1. The molecule has 0 bridgehead atoms. The van der Waals surface area contributed by atoms with E-state index in [2.05, 4.69) is 41.4 Å². The molecule has 0 atom stereocenters. The highest BCUT2D eigenvalue weighted by molar-refractivity contribution is 5.18. The van der Waals surface area contributed by atoms with Crippen molar-refractivity contribution in [3.05, 3.63) is 47.8 Å². The van der Waals surface area contributed by atoms with Gasteiger partial charge in [-0.1, -0.05) is 19.9 Å². The third kappa shape index (κ3) is 2.13. The molecular weight excluding hydrogens is 198 g/mol. The van der Waals surface area contributed by atoms with Crippen LogP contribution in [-0.2, 0) is 6.54 Å². The van der Waals surface area contributed by atoms with Crippen molar-refractivity contribution >= 4 is 0 Å². The molecule has 84 valence electrons. The van der Waals surface area contributed by atoms with E-state index < -0.39 is 0 Å². The summed E-state index contributed by atoms with van der Waals surface area (Å²) in [4.78, 5) is 8.78. The standard InChI is InChI=1S/C13H17N3/c1-10(2)13-15-7-8-16(13)9-12-11(3)5-4-6-14-12/h4-8,10H,9H2,1-3H3. The molecule has 0 saturated carbocycles. The Bertz CT molecular complexity index is 472. The summed E-state index contributed by atoms with van der Waals surface area (Å²) in [5.74, 6) is 1.56. The lowest BCUT2D eigenvalue weighted by molar-refractivity contribution is 0.659. The van der Waals surface area contributed by atoms with Crippen LogP contribution >= 0.6 is 0 Å². The fraction of sp³-hybridized carbons (Fsp3) is 0.385. The van der Waals surface area contributed by atoms with Gasteiger partial charge in [-0.15, -0.1) is 0 Å². The SMILES string of the molecule is Cc1cccnc1Cn1ccnc1C(C)C. The van der Waals surface area contributed by atoms with E-state index in [1.807, 2.05) is 24.7 Å². The summed E-state index contributed by atoms with van der Waals surface area (Å²) in [7, 11) is 0. The second kappa shape index (κ2) is 4.47. The van der Waals surface area contributed by atoms with Gasteiger partial charge in [0.15, 0.2) is 0 Å². The molecule has 0 fully saturated rings. The molecule has 0 aliphatic rings. The first kappa shape index (κ1) is 10.9. The van der Waals surface area contributed by atoms with Gasteiger partial charge in [0.2, 0.25) is 0 Å². The van der Waals surface area contributed by atoms with Gasteiger partial charge >= 0.3 is 0 Å². The van der Waals surface area contributed by atoms with Crippen molar-refractivity contribution < 1.29 is 0 Å². The average molecular weight is 215 g/mol. The lowest BCUT2D eigenvalue weighted by Crippen LogP contribution is -2.08. The van der Waals surface area contributed by atoms with Crippen molar-refractivity contribution in [3.8, 4) is 0 Å². The smallest absolute Gasteiger partial charge is 0.111 e. The van der Waals surface area contributed by atoms with Gasteiger partial charge < -0.3 is 4.57 Å². The fourth-order valence-corrected chi connectivity index (χ4v) is 1.80. The van der Waals surface area contributed by atoms with Gasteiger partial charge in [-0.2, -0.15) is 0 Å². The summed E-state index contributed by atoms with van der Waals surface area (Å²) in [6.45, 7) is 7.21. The normalized spacial score (nSPS) is 11.0. The number of aryl methyl sites for hydroxylation is 1. The number of pyridine rings is 1. The van der Waals surface area contributed by atoms with Crippen LogP contribution in [0.3, 0.4) is 0 Å². The van der Waals surface area contributed by atoms with Crippen molar-refractivity contribution in [3.63, 3.8) is 0 Å². The van der Waals surface area contributed by atoms with Crippen LogP contribution in [0.2, 0.25) is 0 Å². The molecule has 16 heavy (non-hydrogen) atoms. The fourth-order valence-electron chi connectivity index (χ4n) is 1.80. The van der Waals surface area contributed by atoms with E-state index in [1.54, 1.807) is 0 Å². The Kier molecular flexibility index (Phi) is 3.04. The van der Waals surface area contributed by atoms with E-state index >= 15 is 0 Å². The van der Waals surface area contributed by atoms with Crippen LogP contribution in [0.1, 0.15) is 36.8 Å². The van der Waals surface area contributed by atoms with Gasteiger partial charge in [-0.25, -0.2) is 4.98 Å². The molecule has 3 heteroatoms. The van der Waals surface area contributed by atoms with E-state index in [9.17, 15) is 0 Å². The van der Waals surface area contributed by atoms with Gasteiger partial charge in [-0.3, -0.25) is 4.98 Å². The van der Waals surface area contributed by atoms with Gasteiger partial charge in [0, 0.05) is 24.5 Å². The van der Waals surface area contributed by atoms with Crippen LogP contribution in [0.25, 0.3) is 0 Å². The molecule has 2 aromatic heterocycles. The summed E-state index contributed by atoms with van der Waals surface area (Å²) in [5, 5.41) is 0. The Balaban J connectivity index is 2.27. The van der Waals surface area contributed by atoms with E-state index in [0.29, 0.717) is 5.92 Å². The van der Waals surface area contributed by atoms with Crippen molar-refractivity contribution in [2.24, 2.45) is 0 Å². The minimum absolute atomic E-state index is 0.444. The number of nitrogens with zero attached hydrogens (tertiary/aromatic N) is 3. The molecule has 0 spiro atoms. The van der Waals surface area contributed by atoms with Gasteiger partial charge in [0.25, 0.3) is 0 Å². The number of aromatic nitrogens is 3. The average Bonchev–Trinajstić information content (AvgIpc) is 2.69. The second-order valence-electron chi connectivity index (χ2n) is 4.34. The molecule has 2 aromatic rings. The zero-order chi connectivity index (χ0) is 11.5. The maximum absolute atomic E-state index is 4.40. The Hall–Kier alpha value is -1.64. The molecule has 0 aliphatic carbocycles. The molecule has 2 heterocycles. The van der Waals surface area contributed by atoms with Crippen LogP contribution in [0, 0.1) is 6.92 Å². The highest BCUT2D eigenvalue weighted by Crippen LogP contribution is 2.14. The van der Waals surface area contributed by atoms with E-state index in [-0.39, 0.29) is 0 Å². The predicted molar refractivity (Wildman–Crippen MR) is 64.4 cm³/mol. The third-order valence-corrected chi connectivity index (χ3v) is 2.70. The van der Waals surface area contributed by atoms with Crippen molar-refractivity contribution in [2.45, 2.75) is 33.2 Å². The van der Waals surface area contributed by atoms with Crippen molar-refractivity contribution in [1.29, 1.82) is 0 Å². The molecule has 0 amide bonds. The maximum atomic E-state index is 4.40. The van der Waals surface area contributed by atoms with Crippen LogP contribution < -0.4 is 0 Å². The first-order chi connectivity index (χ1) is 7.68. The molecule has 0 saturated heterocycles. The third-order valence-electron chi connectivity index (χ3n) is 2.70. The molecule has 0 unspecified atom stereocenters. The highest BCUT2D eigenvalue weighted by Gasteiger charge is 2.08. The van der Waals surface area contributed by atoms with E-state index in [4.69, 9.17) is 0 Å². The second-order valence-corrected chi connectivity index (χ2v) is 4.34. The molecule has 2 rings (SSSR count). The Labute approximate surface area is 96.2 Å². The Morgan fingerprint density at radius 3 is 2.75 bits per heavy atom. The van der Waals surface area contributed by atoms with E-state index in [1.165, 1.54) is 5.56 Å². The summed E-state index contributed by atoms with van der Waals surface area (Å²) >= 11 is 0. The van der Waals surface area contributed by atoms with Crippen LogP contribution in [0.4, 0.5) is 0 Å². The summed E-state index contributed by atoms with van der Waals surface area (Å²) in [6, 6.07) is 4.06. The molecule has 3 nitrogen and oxygen atoms in total. The monoisotopic (exact) mass is 215 g/mol. The quantitative estimate of drug-likeness (QED) is 0.788. The zero-order valence-corrected chi connectivity index (χ0v) is 10.0. The molecule has 0 aromatic carbocycles. The molecule has 0 N–H and O–H groups in total. The van der Waals surface area contributed by atoms with E-state index in [0.717, 1.165) is 18.1 Å². The molecular formula is C13H17N3. The largest absolute Gasteiger partial charge is 0.329 e. The first-order valence-electron chi connectivity index (χ1n) is 5.60. The lowest BCUT2D eigenvalue weighted by atomic mass is 10.2. The number of rotatable bonds is 3. The Morgan fingerprint density at radius 2 is 2.06 bits per heavy atom. The molecule has 0 radical (unpaired) electrons. The highest BCUT2D eigenvalue weighted by atomic mass is 15.1. The van der Waals surface area contributed by atoms with Gasteiger partial charge in [0.05, 0.1) is 12.2 Å². The van der Waals surface area contributed by atoms with Crippen LogP contribution in [0.15, 0.2) is 30.7 Å². The van der Waals surface area contributed by atoms with Crippen LogP contribution in [0.5, 0.6) is 0 Å². The minimum Gasteiger partial charge on any atom is -0.329 e. The Morgan fingerprint density at radius 1 is 1.25 bits per heavy atom. The molecule has 0 aliphatic heterocycles. The first-order valence-corrected chi connectivity index (χ1v) is 5.60. The van der Waals surface area contributed by atoms with Crippen molar-refractivity contribution in [1.82, 2.24) is 14.5 Å².